The average Bonchev–Trinajstić information content (AvgIpc) is 3.61. The van der Waals surface area contributed by atoms with Crippen LogP contribution in [0.25, 0.3) is 66.4 Å². The van der Waals surface area contributed by atoms with Crippen LogP contribution in [0.1, 0.15) is 105 Å². The first-order valence-electron chi connectivity index (χ1n) is 19.4. The van der Waals surface area contributed by atoms with Crippen molar-refractivity contribution in [1.29, 1.82) is 0 Å². The molecule has 54 heavy (non-hydrogen) atoms. The normalized spacial score (nSPS) is 13.2. The van der Waals surface area contributed by atoms with Crippen LogP contribution < -0.4 is 0 Å². The second kappa shape index (κ2) is 12.1. The van der Waals surface area contributed by atoms with Crippen LogP contribution in [-0.4, -0.2) is 19.1 Å². The Labute approximate surface area is 320 Å². The predicted octanol–water partition coefficient (Wildman–Crippen LogP) is 13.5. The van der Waals surface area contributed by atoms with E-state index in [2.05, 4.69) is 189 Å². The van der Waals surface area contributed by atoms with E-state index >= 15 is 0 Å². The molecule has 4 aromatic heterocycles. The van der Waals surface area contributed by atoms with Crippen molar-refractivity contribution in [2.45, 2.75) is 105 Å². The molecule has 4 aromatic carbocycles. The summed E-state index contributed by atoms with van der Waals surface area (Å²) in [5.74, 6) is 1.79. The van der Waals surface area contributed by atoms with E-state index in [1.54, 1.807) is 0 Å². The van der Waals surface area contributed by atoms with Gasteiger partial charge in [0, 0.05) is 45.1 Å². The highest BCUT2D eigenvalue weighted by Gasteiger charge is 2.26. The highest BCUT2D eigenvalue weighted by atomic mass is 15.1. The van der Waals surface area contributed by atoms with Crippen molar-refractivity contribution in [3.05, 3.63) is 132 Å². The van der Waals surface area contributed by atoms with E-state index in [1.807, 2.05) is 12.4 Å². The van der Waals surface area contributed by atoms with Crippen molar-refractivity contribution in [2.75, 3.05) is 0 Å². The fourth-order valence-electron chi connectivity index (χ4n) is 7.94. The third-order valence-corrected chi connectivity index (χ3v) is 11.3. The monoisotopic (exact) mass is 710 g/mol. The maximum atomic E-state index is 5.19. The Hall–Kier alpha value is -5.22. The maximum Gasteiger partial charge on any atom is 0.145 e. The number of rotatable bonds is 3. The van der Waals surface area contributed by atoms with E-state index < -0.39 is 0 Å². The molecule has 0 radical (unpaired) electrons. The summed E-state index contributed by atoms with van der Waals surface area (Å²) in [7, 11) is 0. The third-order valence-electron chi connectivity index (χ3n) is 11.3. The lowest BCUT2D eigenvalue weighted by atomic mass is 9.85. The zero-order chi connectivity index (χ0) is 38.5. The van der Waals surface area contributed by atoms with Gasteiger partial charge in [0.1, 0.15) is 11.6 Å². The third kappa shape index (κ3) is 5.91. The van der Waals surface area contributed by atoms with Gasteiger partial charge in [0.15, 0.2) is 0 Å². The van der Waals surface area contributed by atoms with E-state index in [0.717, 1.165) is 44.8 Å². The second-order valence-corrected chi connectivity index (χ2v) is 19.3. The van der Waals surface area contributed by atoms with E-state index in [-0.39, 0.29) is 21.7 Å². The predicted molar refractivity (Wildman–Crippen MR) is 231 cm³/mol. The molecule has 0 saturated heterocycles. The van der Waals surface area contributed by atoms with Gasteiger partial charge in [0.2, 0.25) is 0 Å². The fourth-order valence-corrected chi connectivity index (χ4v) is 7.94. The Bertz CT molecular complexity index is 2410. The Morgan fingerprint density at radius 1 is 0.352 bits per heavy atom. The molecule has 8 rings (SSSR count). The van der Waals surface area contributed by atoms with Gasteiger partial charge in [-0.05, 0) is 117 Å². The van der Waals surface area contributed by atoms with Crippen molar-refractivity contribution >= 4 is 43.6 Å². The summed E-state index contributed by atoms with van der Waals surface area (Å²) in [6.45, 7) is 27.5. The molecule has 8 aromatic rings. The van der Waals surface area contributed by atoms with Crippen LogP contribution in [0.2, 0.25) is 0 Å². The summed E-state index contributed by atoms with van der Waals surface area (Å²) in [4.78, 5) is 10.4. The molecule has 0 bridgehead atoms. The Morgan fingerprint density at radius 3 is 0.852 bits per heavy atom. The van der Waals surface area contributed by atoms with Gasteiger partial charge >= 0.3 is 0 Å². The van der Waals surface area contributed by atoms with Crippen molar-refractivity contribution in [1.82, 2.24) is 19.1 Å². The standard InChI is InChI=1S/C50H54N4/c1-47(2,3)31-17-21-41-37(27-31)38-28-32(48(4,5)6)18-22-42(38)53(41)45-35(15-13-25-51-45)36-16-14-26-52-46(36)54-43-23-19-33(49(7,8)9)29-39(43)40-30-34(50(10,11)12)20-24-44(40)54/h13-30H,1-12H3. The van der Waals surface area contributed by atoms with Gasteiger partial charge in [-0.15, -0.1) is 0 Å². The first-order chi connectivity index (χ1) is 25.3. The van der Waals surface area contributed by atoms with Gasteiger partial charge in [0.05, 0.1) is 22.1 Å². The number of aromatic nitrogens is 4. The summed E-state index contributed by atoms with van der Waals surface area (Å²) < 4.78 is 4.74. The lowest BCUT2D eigenvalue weighted by Gasteiger charge is -2.20. The van der Waals surface area contributed by atoms with Gasteiger partial charge in [-0.2, -0.15) is 0 Å². The van der Waals surface area contributed by atoms with E-state index in [0.29, 0.717) is 0 Å². The van der Waals surface area contributed by atoms with Gasteiger partial charge in [0.25, 0.3) is 0 Å². The lowest BCUT2D eigenvalue weighted by Crippen LogP contribution is -2.10. The molecule has 0 fully saturated rings. The number of hydrogen-bond acceptors (Lipinski definition) is 2. The topological polar surface area (TPSA) is 35.6 Å². The van der Waals surface area contributed by atoms with Crippen LogP contribution >= 0.6 is 0 Å². The lowest BCUT2D eigenvalue weighted by molar-refractivity contribution is 0.590. The summed E-state index contributed by atoms with van der Waals surface area (Å²) >= 11 is 0. The van der Waals surface area contributed by atoms with E-state index in [9.17, 15) is 0 Å². The van der Waals surface area contributed by atoms with Gasteiger partial charge in [-0.1, -0.05) is 107 Å². The van der Waals surface area contributed by atoms with E-state index in [1.165, 1.54) is 43.8 Å². The number of fused-ring (bicyclic) bond motifs is 6. The molecule has 4 nitrogen and oxygen atoms in total. The Balaban J connectivity index is 1.43. The molecule has 0 atom stereocenters. The number of pyridine rings is 2. The Morgan fingerprint density at radius 2 is 0.611 bits per heavy atom. The second-order valence-electron chi connectivity index (χ2n) is 19.3. The van der Waals surface area contributed by atoms with E-state index in [4.69, 9.17) is 9.97 Å². The molecular formula is C50H54N4. The molecule has 0 aliphatic heterocycles. The zero-order valence-electron chi connectivity index (χ0n) is 34.2. The molecule has 0 N–H and O–H groups in total. The molecular weight excluding hydrogens is 657 g/mol. The van der Waals surface area contributed by atoms with Gasteiger partial charge < -0.3 is 0 Å². The number of benzene rings is 4. The fraction of sp³-hybridized carbons (Fsp3) is 0.320. The first-order valence-corrected chi connectivity index (χ1v) is 19.4. The molecule has 0 saturated carbocycles. The van der Waals surface area contributed by atoms with Crippen molar-refractivity contribution in [2.24, 2.45) is 0 Å². The zero-order valence-corrected chi connectivity index (χ0v) is 34.2. The molecule has 4 heterocycles. The molecule has 4 heteroatoms. The molecule has 0 amide bonds. The van der Waals surface area contributed by atoms with Crippen LogP contribution in [0.5, 0.6) is 0 Å². The highest BCUT2D eigenvalue weighted by molar-refractivity contribution is 6.11. The summed E-state index contributed by atoms with van der Waals surface area (Å²) in [6, 6.07) is 36.4. The molecule has 0 aliphatic rings. The number of hydrogen-bond donors (Lipinski definition) is 0. The average molecular weight is 711 g/mol. The minimum absolute atomic E-state index is 0.0224. The minimum Gasteiger partial charge on any atom is -0.293 e. The minimum atomic E-state index is 0.0224. The molecule has 0 spiro atoms. The van der Waals surface area contributed by atoms with Crippen LogP contribution in [0.3, 0.4) is 0 Å². The Kier molecular flexibility index (Phi) is 8.05. The largest absolute Gasteiger partial charge is 0.293 e. The van der Waals surface area contributed by atoms with Crippen LogP contribution in [0.4, 0.5) is 0 Å². The van der Waals surface area contributed by atoms with Crippen molar-refractivity contribution < 1.29 is 0 Å². The van der Waals surface area contributed by atoms with Crippen LogP contribution in [0, 0.1) is 0 Å². The van der Waals surface area contributed by atoms with Gasteiger partial charge in [-0.25, -0.2) is 9.97 Å². The summed E-state index contributed by atoms with van der Waals surface area (Å²) in [5.41, 5.74) is 12.0. The van der Waals surface area contributed by atoms with Crippen LogP contribution in [0.15, 0.2) is 109 Å². The molecule has 0 unspecified atom stereocenters. The maximum absolute atomic E-state index is 5.19. The van der Waals surface area contributed by atoms with Crippen LogP contribution in [-0.2, 0) is 21.7 Å². The summed E-state index contributed by atoms with van der Waals surface area (Å²) in [6.07, 6.45) is 3.84. The highest BCUT2D eigenvalue weighted by Crippen LogP contribution is 2.42. The first kappa shape index (κ1) is 35.8. The van der Waals surface area contributed by atoms with Crippen molar-refractivity contribution in [3.8, 4) is 22.8 Å². The smallest absolute Gasteiger partial charge is 0.145 e. The quantitative estimate of drug-likeness (QED) is 0.183. The van der Waals surface area contributed by atoms with Gasteiger partial charge in [-0.3, -0.25) is 9.13 Å². The molecule has 0 aliphatic carbocycles. The number of nitrogens with zero attached hydrogens (tertiary/aromatic N) is 4. The molecule has 274 valence electrons. The summed E-state index contributed by atoms with van der Waals surface area (Å²) in [5, 5.41) is 4.99. The SMILES string of the molecule is CC(C)(C)c1ccc2c(c1)c1cc(C(C)(C)C)ccc1n2-c1ncccc1-c1cccnc1-n1c2ccc(C(C)(C)C)cc2c2cc(C(C)(C)C)ccc21. The van der Waals surface area contributed by atoms with Crippen molar-refractivity contribution in [3.63, 3.8) is 0 Å².